The van der Waals surface area contributed by atoms with Crippen LogP contribution in [-0.2, 0) is 5.41 Å². The molecule has 0 amide bonds. The van der Waals surface area contributed by atoms with E-state index in [1.54, 1.807) is 0 Å². The molecule has 0 aromatic heterocycles. The van der Waals surface area contributed by atoms with Gasteiger partial charge in [0, 0.05) is 5.56 Å². The zero-order valence-electron chi connectivity index (χ0n) is 18.5. The normalized spacial score (nSPS) is 13.4. The Kier molecular flexibility index (Phi) is 4.45. The number of aryl methyl sites for hydroxylation is 1. The van der Waals surface area contributed by atoms with Gasteiger partial charge in [-0.25, -0.2) is 0 Å². The fourth-order valence-corrected chi connectivity index (χ4v) is 5.45. The Morgan fingerprint density at radius 2 is 1.06 bits per heavy atom. The Labute approximate surface area is 194 Å². The van der Waals surface area contributed by atoms with Crippen molar-refractivity contribution in [1.29, 1.82) is 0 Å². The highest BCUT2D eigenvalue weighted by Crippen LogP contribution is 2.56. The molecule has 0 aliphatic heterocycles. The van der Waals surface area contributed by atoms with Crippen LogP contribution in [0, 0.1) is 6.92 Å². The number of benzene rings is 5. The van der Waals surface area contributed by atoms with Crippen molar-refractivity contribution in [3.63, 3.8) is 0 Å². The lowest BCUT2D eigenvalue weighted by atomic mass is 9.67. The fraction of sp³-hybridized carbons (Fsp3) is 0.0625. The van der Waals surface area contributed by atoms with Crippen molar-refractivity contribution in [1.82, 2.24) is 0 Å². The van der Waals surface area contributed by atoms with Gasteiger partial charge < -0.3 is 5.11 Å². The maximum Gasteiger partial charge on any atom is 0.123 e. The molecule has 0 saturated carbocycles. The lowest BCUT2D eigenvalue weighted by Gasteiger charge is -2.34. The first kappa shape index (κ1) is 19.6. The molecule has 6 rings (SSSR count). The molecule has 0 radical (unpaired) electrons. The third-order valence-corrected chi connectivity index (χ3v) is 6.95. The number of rotatable bonds is 3. The number of aromatic hydroxyl groups is 1. The highest BCUT2D eigenvalue weighted by molar-refractivity contribution is 5.87. The van der Waals surface area contributed by atoms with E-state index in [9.17, 15) is 5.11 Å². The SMILES string of the molecule is Cc1ccc(C2(c3ccc(O)c(-c4ccccc4)c3)c3ccccc3-c3ccccc32)cc1. The average Bonchev–Trinajstić information content (AvgIpc) is 3.17. The molecule has 33 heavy (non-hydrogen) atoms. The van der Waals surface area contributed by atoms with E-state index in [2.05, 4.69) is 91.9 Å². The molecule has 0 atom stereocenters. The zero-order chi connectivity index (χ0) is 22.4. The summed E-state index contributed by atoms with van der Waals surface area (Å²) >= 11 is 0. The molecule has 0 heterocycles. The Morgan fingerprint density at radius 1 is 0.515 bits per heavy atom. The van der Waals surface area contributed by atoms with Crippen molar-refractivity contribution < 1.29 is 5.11 Å². The highest BCUT2D eigenvalue weighted by atomic mass is 16.3. The van der Waals surface area contributed by atoms with E-state index in [4.69, 9.17) is 0 Å². The van der Waals surface area contributed by atoms with Crippen LogP contribution in [0.4, 0.5) is 0 Å². The molecular weight excluding hydrogens is 400 g/mol. The Morgan fingerprint density at radius 3 is 1.70 bits per heavy atom. The number of fused-ring (bicyclic) bond motifs is 3. The summed E-state index contributed by atoms with van der Waals surface area (Å²) in [5.74, 6) is 0.295. The van der Waals surface area contributed by atoms with Crippen molar-refractivity contribution in [2.24, 2.45) is 0 Å². The summed E-state index contributed by atoms with van der Waals surface area (Å²) in [5, 5.41) is 10.8. The molecule has 1 N–H and O–H groups in total. The van der Waals surface area contributed by atoms with Crippen molar-refractivity contribution in [3.05, 3.63) is 149 Å². The predicted molar refractivity (Wildman–Crippen MR) is 136 cm³/mol. The first-order valence-corrected chi connectivity index (χ1v) is 11.3. The van der Waals surface area contributed by atoms with E-state index in [1.165, 1.54) is 33.4 Å². The molecule has 158 valence electrons. The molecule has 0 bridgehead atoms. The summed E-state index contributed by atoms with van der Waals surface area (Å²) in [5.41, 5.74) is 10.1. The van der Waals surface area contributed by atoms with Gasteiger partial charge in [0.1, 0.15) is 5.75 Å². The summed E-state index contributed by atoms with van der Waals surface area (Å²) in [6, 6.07) is 42.6. The predicted octanol–water partition coefficient (Wildman–Crippen LogP) is 7.73. The number of phenolic OH excluding ortho intramolecular Hbond substituents is 1. The second-order valence-electron chi connectivity index (χ2n) is 8.81. The standard InChI is InChI=1S/C32H24O/c1-22-15-17-24(18-16-22)32(25-19-20-31(33)28(21-25)23-9-3-2-4-10-23)29-13-7-5-11-26(29)27-12-6-8-14-30(27)32/h2-21,33H,1H3. The molecule has 0 saturated heterocycles. The Hall–Kier alpha value is -4.10. The van der Waals surface area contributed by atoms with Gasteiger partial charge >= 0.3 is 0 Å². The quantitative estimate of drug-likeness (QED) is 0.308. The van der Waals surface area contributed by atoms with Crippen LogP contribution < -0.4 is 0 Å². The molecule has 1 aliphatic carbocycles. The average molecular weight is 425 g/mol. The van der Waals surface area contributed by atoms with E-state index >= 15 is 0 Å². The maximum absolute atomic E-state index is 10.8. The second kappa shape index (κ2) is 7.50. The van der Waals surface area contributed by atoms with Crippen LogP contribution in [0.3, 0.4) is 0 Å². The third-order valence-electron chi connectivity index (χ3n) is 6.95. The molecule has 1 aliphatic rings. The van der Waals surface area contributed by atoms with E-state index in [0.717, 1.165) is 16.7 Å². The summed E-state index contributed by atoms with van der Waals surface area (Å²) in [6.45, 7) is 2.13. The third kappa shape index (κ3) is 2.86. The zero-order valence-corrected chi connectivity index (χ0v) is 18.5. The van der Waals surface area contributed by atoms with Gasteiger partial charge in [-0.1, -0.05) is 115 Å². The molecule has 0 spiro atoms. The molecular formula is C32H24O. The minimum absolute atomic E-state index is 0.295. The molecule has 5 aromatic carbocycles. The van der Waals surface area contributed by atoms with Crippen molar-refractivity contribution in [2.45, 2.75) is 12.3 Å². The number of phenols is 1. The van der Waals surface area contributed by atoms with Gasteiger partial charge in [-0.3, -0.25) is 0 Å². The van der Waals surface area contributed by atoms with E-state index in [-0.39, 0.29) is 0 Å². The smallest absolute Gasteiger partial charge is 0.123 e. The largest absolute Gasteiger partial charge is 0.507 e. The van der Waals surface area contributed by atoms with Gasteiger partial charge in [0.25, 0.3) is 0 Å². The van der Waals surface area contributed by atoms with Crippen molar-refractivity contribution >= 4 is 0 Å². The summed E-state index contributed by atoms with van der Waals surface area (Å²) in [6.07, 6.45) is 0. The number of hydrogen-bond donors (Lipinski definition) is 1. The van der Waals surface area contributed by atoms with Crippen LogP contribution in [-0.4, -0.2) is 5.11 Å². The van der Waals surface area contributed by atoms with Gasteiger partial charge in [0.2, 0.25) is 0 Å². The fourth-order valence-electron chi connectivity index (χ4n) is 5.45. The minimum Gasteiger partial charge on any atom is -0.507 e. The summed E-state index contributed by atoms with van der Waals surface area (Å²) < 4.78 is 0. The molecule has 5 aromatic rings. The highest BCUT2D eigenvalue weighted by Gasteiger charge is 2.46. The van der Waals surface area contributed by atoms with Gasteiger partial charge in [0.15, 0.2) is 0 Å². The summed E-state index contributed by atoms with van der Waals surface area (Å²) in [7, 11) is 0. The Bertz CT molecular complexity index is 1420. The van der Waals surface area contributed by atoms with Gasteiger partial charge in [-0.05, 0) is 58.0 Å². The van der Waals surface area contributed by atoms with Crippen LogP contribution in [0.2, 0.25) is 0 Å². The Balaban J connectivity index is 1.73. The van der Waals surface area contributed by atoms with E-state index in [1.807, 2.05) is 36.4 Å². The second-order valence-corrected chi connectivity index (χ2v) is 8.81. The van der Waals surface area contributed by atoms with Crippen LogP contribution in [0.5, 0.6) is 5.75 Å². The lowest BCUT2D eigenvalue weighted by molar-refractivity contribution is 0.477. The van der Waals surface area contributed by atoms with Crippen LogP contribution in [0.25, 0.3) is 22.3 Å². The van der Waals surface area contributed by atoms with E-state index in [0.29, 0.717) is 5.75 Å². The molecule has 1 heteroatoms. The molecule has 0 fully saturated rings. The monoisotopic (exact) mass is 424 g/mol. The van der Waals surface area contributed by atoms with Crippen LogP contribution in [0.15, 0.2) is 121 Å². The van der Waals surface area contributed by atoms with Crippen LogP contribution >= 0.6 is 0 Å². The lowest BCUT2D eigenvalue weighted by Crippen LogP contribution is -2.28. The number of hydrogen-bond acceptors (Lipinski definition) is 1. The maximum atomic E-state index is 10.8. The van der Waals surface area contributed by atoms with Crippen molar-refractivity contribution in [2.75, 3.05) is 0 Å². The van der Waals surface area contributed by atoms with Crippen LogP contribution in [0.1, 0.15) is 27.8 Å². The molecule has 1 nitrogen and oxygen atoms in total. The van der Waals surface area contributed by atoms with E-state index < -0.39 is 5.41 Å². The van der Waals surface area contributed by atoms with Gasteiger partial charge in [-0.2, -0.15) is 0 Å². The minimum atomic E-state index is -0.460. The van der Waals surface area contributed by atoms with Gasteiger partial charge in [0.05, 0.1) is 5.41 Å². The van der Waals surface area contributed by atoms with Crippen molar-refractivity contribution in [3.8, 4) is 28.0 Å². The van der Waals surface area contributed by atoms with Gasteiger partial charge in [-0.15, -0.1) is 0 Å². The molecule has 0 unspecified atom stereocenters. The first-order valence-electron chi connectivity index (χ1n) is 11.3. The summed E-state index contributed by atoms with van der Waals surface area (Å²) in [4.78, 5) is 0. The first-order chi connectivity index (χ1) is 16.2. The topological polar surface area (TPSA) is 20.2 Å².